The van der Waals surface area contributed by atoms with Crippen LogP contribution in [-0.2, 0) is 0 Å². The molecule has 0 aliphatic carbocycles. The number of ether oxygens (including phenoxy) is 1. The van der Waals surface area contributed by atoms with E-state index in [1.807, 2.05) is 0 Å². The van der Waals surface area contributed by atoms with Gasteiger partial charge in [-0.15, -0.1) is 0 Å². The second kappa shape index (κ2) is 5.58. The lowest BCUT2D eigenvalue weighted by Crippen LogP contribution is -2.00. The Morgan fingerprint density at radius 3 is 2.57 bits per heavy atom. The third-order valence-corrected chi connectivity index (χ3v) is 1.99. The van der Waals surface area contributed by atoms with Crippen LogP contribution in [0.15, 0.2) is 12.4 Å². The van der Waals surface area contributed by atoms with Crippen LogP contribution in [0.1, 0.15) is 45.2 Å². The van der Waals surface area contributed by atoms with Crippen molar-refractivity contribution in [3.63, 3.8) is 0 Å². The maximum absolute atomic E-state index is 5.41. The second-order valence-corrected chi connectivity index (χ2v) is 3.64. The smallest absolute Gasteiger partial charge is 0.232 e. The van der Waals surface area contributed by atoms with Gasteiger partial charge in [-0.25, -0.2) is 4.98 Å². The van der Waals surface area contributed by atoms with Crippen molar-refractivity contribution in [1.82, 2.24) is 9.97 Å². The van der Waals surface area contributed by atoms with Crippen molar-refractivity contribution in [2.45, 2.75) is 39.5 Å². The van der Waals surface area contributed by atoms with E-state index in [1.54, 1.807) is 12.4 Å². The zero-order valence-electron chi connectivity index (χ0n) is 9.16. The van der Waals surface area contributed by atoms with E-state index in [0.29, 0.717) is 11.8 Å². The molecule has 0 bridgehead atoms. The minimum Gasteiger partial charge on any atom is -0.477 e. The molecule has 1 heterocycles. The van der Waals surface area contributed by atoms with Gasteiger partial charge in [-0.1, -0.05) is 27.2 Å². The van der Waals surface area contributed by atoms with Gasteiger partial charge in [0.05, 0.1) is 24.7 Å². The molecular weight excluding hydrogens is 176 g/mol. The van der Waals surface area contributed by atoms with E-state index in [1.165, 1.54) is 0 Å². The molecule has 3 heteroatoms. The Bertz CT molecular complexity index is 256. The van der Waals surface area contributed by atoms with Gasteiger partial charge in [-0.2, -0.15) is 0 Å². The van der Waals surface area contributed by atoms with E-state index < -0.39 is 0 Å². The standard InChI is InChI=1S/C11H18N2O/c1-4-5-6-14-11-8-12-10(7-13-11)9(2)3/h7-9H,4-6H2,1-3H3. The maximum Gasteiger partial charge on any atom is 0.232 e. The summed E-state index contributed by atoms with van der Waals surface area (Å²) in [7, 11) is 0. The Kier molecular flexibility index (Phi) is 4.36. The molecule has 1 aromatic heterocycles. The first-order chi connectivity index (χ1) is 6.74. The zero-order chi connectivity index (χ0) is 10.4. The molecule has 0 radical (unpaired) electrons. The molecule has 0 atom stereocenters. The molecule has 0 unspecified atom stereocenters. The summed E-state index contributed by atoms with van der Waals surface area (Å²) in [5, 5.41) is 0. The summed E-state index contributed by atoms with van der Waals surface area (Å²) in [4.78, 5) is 8.46. The first-order valence-corrected chi connectivity index (χ1v) is 5.18. The SMILES string of the molecule is CCCCOc1cnc(C(C)C)cn1. The van der Waals surface area contributed by atoms with Crippen molar-refractivity contribution in [2.24, 2.45) is 0 Å². The van der Waals surface area contributed by atoms with Gasteiger partial charge in [-0.3, -0.25) is 4.98 Å². The van der Waals surface area contributed by atoms with Crippen molar-refractivity contribution in [3.05, 3.63) is 18.1 Å². The van der Waals surface area contributed by atoms with E-state index in [0.717, 1.165) is 25.1 Å². The van der Waals surface area contributed by atoms with Gasteiger partial charge < -0.3 is 4.74 Å². The van der Waals surface area contributed by atoms with Crippen molar-refractivity contribution in [3.8, 4) is 5.88 Å². The highest BCUT2D eigenvalue weighted by molar-refractivity contribution is 5.09. The Morgan fingerprint density at radius 2 is 2.07 bits per heavy atom. The molecule has 1 rings (SSSR count). The average Bonchev–Trinajstić information content (AvgIpc) is 2.19. The molecule has 0 spiro atoms. The number of aromatic nitrogens is 2. The molecule has 14 heavy (non-hydrogen) atoms. The van der Waals surface area contributed by atoms with Gasteiger partial charge in [0.25, 0.3) is 0 Å². The molecule has 0 saturated heterocycles. The fraction of sp³-hybridized carbons (Fsp3) is 0.636. The lowest BCUT2D eigenvalue weighted by atomic mass is 10.1. The summed E-state index contributed by atoms with van der Waals surface area (Å²) in [6, 6.07) is 0. The summed E-state index contributed by atoms with van der Waals surface area (Å²) in [6.07, 6.45) is 5.68. The molecule has 0 amide bonds. The summed E-state index contributed by atoms with van der Waals surface area (Å²) in [5.41, 5.74) is 1.01. The van der Waals surface area contributed by atoms with Crippen LogP contribution >= 0.6 is 0 Å². The highest BCUT2D eigenvalue weighted by Gasteiger charge is 2.01. The first-order valence-electron chi connectivity index (χ1n) is 5.18. The highest BCUT2D eigenvalue weighted by atomic mass is 16.5. The molecular formula is C11H18N2O. The normalized spacial score (nSPS) is 10.6. The molecule has 0 saturated carbocycles. The maximum atomic E-state index is 5.41. The van der Waals surface area contributed by atoms with E-state index in [9.17, 15) is 0 Å². The molecule has 0 aliphatic rings. The van der Waals surface area contributed by atoms with Gasteiger partial charge in [0.15, 0.2) is 0 Å². The number of unbranched alkanes of at least 4 members (excludes halogenated alkanes) is 1. The summed E-state index contributed by atoms with van der Waals surface area (Å²) in [6.45, 7) is 7.06. The third kappa shape index (κ3) is 3.32. The molecule has 0 fully saturated rings. The summed E-state index contributed by atoms with van der Waals surface area (Å²) >= 11 is 0. The molecule has 0 aliphatic heterocycles. The zero-order valence-corrected chi connectivity index (χ0v) is 9.16. The predicted octanol–water partition coefficient (Wildman–Crippen LogP) is 2.78. The minimum absolute atomic E-state index is 0.423. The minimum atomic E-state index is 0.423. The van der Waals surface area contributed by atoms with Crippen LogP contribution in [0, 0.1) is 0 Å². The van der Waals surface area contributed by atoms with Crippen LogP contribution < -0.4 is 4.74 Å². The molecule has 3 nitrogen and oxygen atoms in total. The largest absolute Gasteiger partial charge is 0.477 e. The molecule has 0 N–H and O–H groups in total. The Balaban J connectivity index is 2.47. The van der Waals surface area contributed by atoms with Crippen molar-refractivity contribution < 1.29 is 4.74 Å². The van der Waals surface area contributed by atoms with Crippen LogP contribution in [0.2, 0.25) is 0 Å². The van der Waals surface area contributed by atoms with Crippen LogP contribution in [0.5, 0.6) is 5.88 Å². The van der Waals surface area contributed by atoms with E-state index in [-0.39, 0.29) is 0 Å². The van der Waals surface area contributed by atoms with E-state index >= 15 is 0 Å². The van der Waals surface area contributed by atoms with Crippen LogP contribution in [0.3, 0.4) is 0 Å². The summed E-state index contributed by atoms with van der Waals surface area (Å²) < 4.78 is 5.41. The first kappa shape index (κ1) is 11.0. The Labute approximate surface area is 85.5 Å². The fourth-order valence-corrected chi connectivity index (χ4v) is 1.02. The predicted molar refractivity (Wildman–Crippen MR) is 56.5 cm³/mol. The van der Waals surface area contributed by atoms with Crippen LogP contribution in [0.4, 0.5) is 0 Å². The lowest BCUT2D eigenvalue weighted by molar-refractivity contribution is 0.296. The fourth-order valence-electron chi connectivity index (χ4n) is 1.02. The summed E-state index contributed by atoms with van der Waals surface area (Å²) in [5.74, 6) is 1.05. The number of hydrogen-bond acceptors (Lipinski definition) is 3. The van der Waals surface area contributed by atoms with Gasteiger partial charge in [0, 0.05) is 0 Å². The van der Waals surface area contributed by atoms with Crippen molar-refractivity contribution in [2.75, 3.05) is 6.61 Å². The van der Waals surface area contributed by atoms with E-state index in [4.69, 9.17) is 4.74 Å². The van der Waals surface area contributed by atoms with Crippen LogP contribution in [0.25, 0.3) is 0 Å². The molecule has 1 aromatic rings. The van der Waals surface area contributed by atoms with Crippen LogP contribution in [-0.4, -0.2) is 16.6 Å². The number of nitrogens with zero attached hydrogens (tertiary/aromatic N) is 2. The van der Waals surface area contributed by atoms with Gasteiger partial charge in [0.1, 0.15) is 0 Å². The topological polar surface area (TPSA) is 35.0 Å². The number of rotatable bonds is 5. The highest BCUT2D eigenvalue weighted by Crippen LogP contribution is 2.12. The Morgan fingerprint density at radius 1 is 1.29 bits per heavy atom. The van der Waals surface area contributed by atoms with Gasteiger partial charge in [-0.05, 0) is 12.3 Å². The average molecular weight is 194 g/mol. The monoisotopic (exact) mass is 194 g/mol. The molecule has 78 valence electrons. The van der Waals surface area contributed by atoms with Crippen molar-refractivity contribution >= 4 is 0 Å². The van der Waals surface area contributed by atoms with Crippen molar-refractivity contribution in [1.29, 1.82) is 0 Å². The number of hydrogen-bond donors (Lipinski definition) is 0. The molecule has 0 aromatic carbocycles. The second-order valence-electron chi connectivity index (χ2n) is 3.64. The van der Waals surface area contributed by atoms with Gasteiger partial charge >= 0.3 is 0 Å². The lowest BCUT2D eigenvalue weighted by Gasteiger charge is -2.06. The third-order valence-electron chi connectivity index (χ3n) is 1.99. The Hall–Kier alpha value is -1.12. The van der Waals surface area contributed by atoms with E-state index in [2.05, 4.69) is 30.7 Å². The van der Waals surface area contributed by atoms with Gasteiger partial charge in [0.2, 0.25) is 5.88 Å². The quantitative estimate of drug-likeness (QED) is 0.676.